The van der Waals surface area contributed by atoms with Gasteiger partial charge >= 0.3 is 0 Å². The van der Waals surface area contributed by atoms with E-state index in [0.717, 1.165) is 11.1 Å². The molecule has 4 nitrogen and oxygen atoms in total. The second kappa shape index (κ2) is 8.93. The molecule has 0 spiro atoms. The summed E-state index contributed by atoms with van der Waals surface area (Å²) >= 11 is 0. The van der Waals surface area contributed by atoms with Gasteiger partial charge in [-0.25, -0.2) is 0 Å². The van der Waals surface area contributed by atoms with Crippen LogP contribution in [0.3, 0.4) is 0 Å². The molecule has 2 aromatic carbocycles. The molecule has 0 amide bonds. The Kier molecular flexibility index (Phi) is 6.27. The molecule has 0 N–H and O–H groups in total. The third kappa shape index (κ3) is 5.58. The first-order valence-corrected chi connectivity index (χ1v) is 7.14. The number of nitrogens with zero attached hydrogens (tertiary/aromatic N) is 3. The van der Waals surface area contributed by atoms with Gasteiger partial charge in [0.1, 0.15) is 12.4 Å². The third-order valence-electron chi connectivity index (χ3n) is 2.97. The average Bonchev–Trinajstić information content (AvgIpc) is 2.59. The number of rotatable bonds is 7. The molecule has 114 valence electrons. The van der Waals surface area contributed by atoms with E-state index in [-0.39, 0.29) is 6.61 Å². The van der Waals surface area contributed by atoms with Crippen LogP contribution in [-0.4, -0.2) is 6.61 Å². The van der Waals surface area contributed by atoms with Crippen molar-refractivity contribution in [2.75, 3.05) is 6.61 Å². The highest BCUT2D eigenvalue weighted by Crippen LogP contribution is 2.20. The zero-order chi connectivity index (χ0) is 16.3. The van der Waals surface area contributed by atoms with E-state index >= 15 is 0 Å². The first-order chi connectivity index (χ1) is 11.3. The number of hydrogen-bond acceptors (Lipinski definition) is 2. The number of hydrogen-bond donors (Lipinski definition) is 0. The average molecular weight is 303 g/mol. The van der Waals surface area contributed by atoms with Gasteiger partial charge in [-0.05, 0) is 17.2 Å². The Bertz CT molecular complexity index is 757. The van der Waals surface area contributed by atoms with Crippen LogP contribution in [0.4, 0.5) is 0 Å². The molecule has 0 bridgehead atoms. The van der Waals surface area contributed by atoms with E-state index in [0.29, 0.717) is 11.4 Å². The summed E-state index contributed by atoms with van der Waals surface area (Å²) in [5, 5.41) is 3.41. The van der Waals surface area contributed by atoms with Crippen molar-refractivity contribution in [1.29, 1.82) is 0 Å². The molecule has 0 unspecified atom stereocenters. The Morgan fingerprint density at radius 1 is 1.04 bits per heavy atom. The van der Waals surface area contributed by atoms with Crippen molar-refractivity contribution >= 4 is 12.2 Å². The molecule has 0 aliphatic heterocycles. The Morgan fingerprint density at radius 3 is 2.52 bits per heavy atom. The molecule has 2 aromatic rings. The van der Waals surface area contributed by atoms with Crippen molar-refractivity contribution in [1.82, 2.24) is 0 Å². The lowest BCUT2D eigenvalue weighted by Crippen LogP contribution is -1.99. The van der Waals surface area contributed by atoms with Crippen LogP contribution in [0.25, 0.3) is 22.6 Å². The highest BCUT2D eigenvalue weighted by atomic mass is 16.5. The normalized spacial score (nSPS) is 10.6. The molecule has 2 rings (SSSR count). The number of azide groups is 1. The van der Waals surface area contributed by atoms with Crippen LogP contribution >= 0.6 is 0 Å². The van der Waals surface area contributed by atoms with Gasteiger partial charge in [0, 0.05) is 16.2 Å². The minimum absolute atomic E-state index is 0.161. The zero-order valence-corrected chi connectivity index (χ0v) is 12.7. The maximum absolute atomic E-state index is 8.35. The van der Waals surface area contributed by atoms with E-state index in [1.165, 1.54) is 0 Å². The van der Waals surface area contributed by atoms with Gasteiger partial charge in [0.05, 0.1) is 0 Å². The predicted octanol–water partition coefficient (Wildman–Crippen LogP) is 5.62. The molecule has 0 radical (unpaired) electrons. The Hall–Kier alpha value is -3.23. The van der Waals surface area contributed by atoms with Gasteiger partial charge in [0.2, 0.25) is 0 Å². The molecule has 0 saturated heterocycles. The minimum atomic E-state index is 0.161. The lowest BCUT2D eigenvalue weighted by Gasteiger charge is -2.08. The summed E-state index contributed by atoms with van der Waals surface area (Å²) in [6.07, 6.45) is 7.93. The fourth-order valence-corrected chi connectivity index (χ4v) is 1.89. The summed E-state index contributed by atoms with van der Waals surface area (Å²) in [7, 11) is 0. The van der Waals surface area contributed by atoms with Gasteiger partial charge in [0.15, 0.2) is 0 Å². The number of benzene rings is 2. The molecule has 4 heteroatoms. The van der Waals surface area contributed by atoms with Crippen molar-refractivity contribution in [2.45, 2.75) is 0 Å². The smallest absolute Gasteiger partial charge is 0.127 e. The van der Waals surface area contributed by atoms with E-state index in [2.05, 4.69) is 16.6 Å². The van der Waals surface area contributed by atoms with Crippen LogP contribution in [0.2, 0.25) is 0 Å². The van der Waals surface area contributed by atoms with Crippen molar-refractivity contribution in [3.8, 4) is 5.75 Å². The summed E-state index contributed by atoms with van der Waals surface area (Å²) in [5.41, 5.74) is 10.8. The lowest BCUT2D eigenvalue weighted by atomic mass is 10.1. The van der Waals surface area contributed by atoms with E-state index in [4.69, 9.17) is 10.3 Å². The van der Waals surface area contributed by atoms with E-state index in [1.54, 1.807) is 0 Å². The van der Waals surface area contributed by atoms with E-state index in [1.807, 2.05) is 78.9 Å². The summed E-state index contributed by atoms with van der Waals surface area (Å²) in [5.74, 6) is 0.714. The minimum Gasteiger partial charge on any atom is -0.488 e. The Morgan fingerprint density at radius 2 is 1.74 bits per heavy atom. The van der Waals surface area contributed by atoms with Crippen LogP contribution < -0.4 is 4.74 Å². The van der Waals surface area contributed by atoms with Crippen molar-refractivity contribution in [3.63, 3.8) is 0 Å². The molecule has 0 atom stereocenters. The van der Waals surface area contributed by atoms with Crippen LogP contribution in [0.1, 0.15) is 11.1 Å². The summed E-state index contributed by atoms with van der Waals surface area (Å²) in [6.45, 7) is 3.79. The standard InChI is InChI=1S/C19H17N3O/c1-16(21-22-20)15-23-19-14-8-7-13-18(19)12-6-5-11-17-9-3-2-4-10-17/h2-14H,1,15H2/b11-5+,12-6+. The molecule has 23 heavy (non-hydrogen) atoms. The second-order valence-electron chi connectivity index (χ2n) is 4.71. The van der Waals surface area contributed by atoms with Gasteiger partial charge in [-0.2, -0.15) is 0 Å². The molecule has 0 aliphatic rings. The monoisotopic (exact) mass is 303 g/mol. The highest BCUT2D eigenvalue weighted by Gasteiger charge is 2.00. The Balaban J connectivity index is 2.02. The summed E-state index contributed by atoms with van der Waals surface area (Å²) in [4.78, 5) is 2.68. The largest absolute Gasteiger partial charge is 0.488 e. The van der Waals surface area contributed by atoms with Crippen LogP contribution in [0, 0.1) is 0 Å². The van der Waals surface area contributed by atoms with Crippen LogP contribution in [-0.2, 0) is 0 Å². The SMILES string of the molecule is C=C(COc1ccccc1/C=C/C=C/c1ccccc1)N=[N+]=[N-]. The van der Waals surface area contributed by atoms with Crippen molar-refractivity contribution < 1.29 is 4.74 Å². The van der Waals surface area contributed by atoms with E-state index < -0.39 is 0 Å². The molecule has 0 aliphatic carbocycles. The number of para-hydroxylation sites is 1. The van der Waals surface area contributed by atoms with Gasteiger partial charge < -0.3 is 4.74 Å². The first kappa shape index (κ1) is 16.1. The Labute approximate surface area is 135 Å². The topological polar surface area (TPSA) is 58.0 Å². The maximum atomic E-state index is 8.35. The fraction of sp³-hybridized carbons (Fsp3) is 0.0526. The number of ether oxygens (including phenoxy) is 1. The quantitative estimate of drug-likeness (QED) is 0.283. The van der Waals surface area contributed by atoms with Crippen LogP contribution in [0.5, 0.6) is 5.75 Å². The van der Waals surface area contributed by atoms with Gasteiger partial charge in [-0.15, -0.1) is 0 Å². The molecular weight excluding hydrogens is 286 g/mol. The van der Waals surface area contributed by atoms with Gasteiger partial charge in [-0.1, -0.05) is 84.5 Å². The zero-order valence-electron chi connectivity index (χ0n) is 12.7. The third-order valence-corrected chi connectivity index (χ3v) is 2.97. The highest BCUT2D eigenvalue weighted by molar-refractivity contribution is 5.61. The van der Waals surface area contributed by atoms with E-state index in [9.17, 15) is 0 Å². The summed E-state index contributed by atoms with van der Waals surface area (Å²) in [6, 6.07) is 17.7. The molecule has 0 fully saturated rings. The predicted molar refractivity (Wildman–Crippen MR) is 94.7 cm³/mol. The molecule has 0 heterocycles. The van der Waals surface area contributed by atoms with Gasteiger partial charge in [-0.3, -0.25) is 0 Å². The number of allylic oxidation sites excluding steroid dienone is 2. The van der Waals surface area contributed by atoms with Crippen molar-refractivity contribution in [2.24, 2.45) is 5.11 Å². The molecule has 0 aromatic heterocycles. The molecule has 0 saturated carbocycles. The fourth-order valence-electron chi connectivity index (χ4n) is 1.89. The van der Waals surface area contributed by atoms with Gasteiger partial charge in [0.25, 0.3) is 0 Å². The second-order valence-corrected chi connectivity index (χ2v) is 4.71. The maximum Gasteiger partial charge on any atom is 0.127 e. The van der Waals surface area contributed by atoms with Crippen molar-refractivity contribution in [3.05, 3.63) is 101 Å². The summed E-state index contributed by atoms with van der Waals surface area (Å²) < 4.78 is 5.63. The van der Waals surface area contributed by atoms with Crippen LogP contribution in [0.15, 0.2) is 84.1 Å². The lowest BCUT2D eigenvalue weighted by molar-refractivity contribution is 0.350. The molecular formula is C19H17N3O. The first-order valence-electron chi connectivity index (χ1n) is 7.14.